The van der Waals surface area contributed by atoms with Crippen molar-refractivity contribution in [1.82, 2.24) is 4.98 Å². The van der Waals surface area contributed by atoms with Crippen LogP contribution in [0.4, 0.5) is 13.2 Å². The van der Waals surface area contributed by atoms with Crippen LogP contribution in [0.25, 0.3) is 10.9 Å². The van der Waals surface area contributed by atoms with E-state index < -0.39 is 23.2 Å². The Hall–Kier alpha value is -2.56. The molecule has 0 saturated heterocycles. The number of aromatic nitrogens is 1. The molecule has 3 rings (SSSR count). The highest BCUT2D eigenvalue weighted by Gasteiger charge is 2.19. The van der Waals surface area contributed by atoms with Gasteiger partial charge in [0.2, 0.25) is 0 Å². The highest BCUT2D eigenvalue weighted by Crippen LogP contribution is 2.24. The number of fused-ring (bicyclic) bond motifs is 1. The number of H-pyrrole nitrogens is 1. The number of carbonyl (C=O) groups is 1. The van der Waals surface area contributed by atoms with Gasteiger partial charge in [0.25, 0.3) is 0 Å². The van der Waals surface area contributed by atoms with Gasteiger partial charge in [-0.15, -0.1) is 0 Å². The van der Waals surface area contributed by atoms with Crippen LogP contribution in [0.15, 0.2) is 42.6 Å². The molecular weight excluding hydrogens is 267 g/mol. The van der Waals surface area contributed by atoms with Crippen LogP contribution in [-0.2, 0) is 0 Å². The SMILES string of the molecule is O=C(c1ccc(F)cc1F)c1c[nH]c2cccc(F)c12. The molecule has 0 aliphatic rings. The van der Waals surface area contributed by atoms with Crippen molar-refractivity contribution in [3.8, 4) is 0 Å². The van der Waals surface area contributed by atoms with Crippen LogP contribution in [0, 0.1) is 17.5 Å². The van der Waals surface area contributed by atoms with Gasteiger partial charge in [0, 0.05) is 23.2 Å². The molecule has 0 fully saturated rings. The lowest BCUT2D eigenvalue weighted by atomic mass is 10.0. The van der Waals surface area contributed by atoms with Crippen LogP contribution < -0.4 is 0 Å². The molecule has 2 aromatic carbocycles. The number of carbonyl (C=O) groups excluding carboxylic acids is 1. The molecule has 0 aliphatic heterocycles. The van der Waals surface area contributed by atoms with E-state index in [1.54, 1.807) is 6.07 Å². The van der Waals surface area contributed by atoms with Crippen molar-refractivity contribution in [1.29, 1.82) is 0 Å². The van der Waals surface area contributed by atoms with Crippen LogP contribution in [0.2, 0.25) is 0 Å². The summed E-state index contributed by atoms with van der Waals surface area (Å²) in [6.45, 7) is 0. The van der Waals surface area contributed by atoms with E-state index in [4.69, 9.17) is 0 Å². The fourth-order valence-electron chi connectivity index (χ4n) is 2.14. The van der Waals surface area contributed by atoms with E-state index in [0.717, 1.165) is 12.1 Å². The molecule has 0 atom stereocenters. The normalized spacial score (nSPS) is 10.9. The van der Waals surface area contributed by atoms with Gasteiger partial charge in [-0.2, -0.15) is 0 Å². The predicted molar refractivity (Wildman–Crippen MR) is 68.0 cm³/mol. The minimum absolute atomic E-state index is 0.0172. The second-order valence-electron chi connectivity index (χ2n) is 4.32. The minimum atomic E-state index is -0.972. The first-order valence-corrected chi connectivity index (χ1v) is 5.83. The van der Waals surface area contributed by atoms with Gasteiger partial charge in [0.05, 0.1) is 11.1 Å². The summed E-state index contributed by atoms with van der Waals surface area (Å²) >= 11 is 0. The van der Waals surface area contributed by atoms with E-state index >= 15 is 0 Å². The zero-order valence-corrected chi connectivity index (χ0v) is 10.1. The highest BCUT2D eigenvalue weighted by molar-refractivity contribution is 6.16. The molecule has 0 radical (unpaired) electrons. The van der Waals surface area contributed by atoms with E-state index in [9.17, 15) is 18.0 Å². The number of rotatable bonds is 2. The summed E-state index contributed by atoms with van der Waals surface area (Å²) in [5.74, 6) is -3.02. The first kappa shape index (κ1) is 12.5. The number of halogens is 3. The number of aromatic amines is 1. The summed E-state index contributed by atoms with van der Waals surface area (Å²) in [6, 6.07) is 6.98. The van der Waals surface area contributed by atoms with E-state index in [2.05, 4.69) is 4.98 Å². The highest BCUT2D eigenvalue weighted by atomic mass is 19.1. The van der Waals surface area contributed by atoms with E-state index in [0.29, 0.717) is 11.6 Å². The summed E-state index contributed by atoms with van der Waals surface area (Å²) in [5.41, 5.74) is 0.162. The monoisotopic (exact) mass is 275 g/mol. The maximum absolute atomic E-state index is 13.8. The standard InChI is InChI=1S/C15H8F3NO/c16-8-4-5-9(12(18)6-8)15(20)10-7-19-13-3-1-2-11(17)14(10)13/h1-7,19H. The fourth-order valence-corrected chi connectivity index (χ4v) is 2.14. The van der Waals surface area contributed by atoms with Crippen LogP contribution in [0.3, 0.4) is 0 Å². The molecule has 0 amide bonds. The summed E-state index contributed by atoms with van der Waals surface area (Å²) in [7, 11) is 0. The molecule has 3 aromatic rings. The molecule has 100 valence electrons. The first-order valence-electron chi connectivity index (χ1n) is 5.83. The lowest BCUT2D eigenvalue weighted by Crippen LogP contribution is -2.04. The Balaban J connectivity index is 2.18. The third-order valence-electron chi connectivity index (χ3n) is 3.08. The average molecular weight is 275 g/mol. The average Bonchev–Trinajstić information content (AvgIpc) is 2.83. The van der Waals surface area contributed by atoms with Gasteiger partial charge in [-0.25, -0.2) is 13.2 Å². The van der Waals surface area contributed by atoms with Gasteiger partial charge in [-0.05, 0) is 24.3 Å². The molecule has 5 heteroatoms. The van der Waals surface area contributed by atoms with Crippen LogP contribution in [-0.4, -0.2) is 10.8 Å². The minimum Gasteiger partial charge on any atom is -0.360 e. The topological polar surface area (TPSA) is 32.9 Å². The third-order valence-corrected chi connectivity index (χ3v) is 3.08. The zero-order valence-electron chi connectivity index (χ0n) is 10.1. The molecule has 0 spiro atoms. The summed E-state index contributed by atoms with van der Waals surface area (Å²) in [6.07, 6.45) is 1.32. The number of hydrogen-bond acceptors (Lipinski definition) is 1. The maximum Gasteiger partial charge on any atom is 0.198 e. The van der Waals surface area contributed by atoms with Crippen molar-refractivity contribution < 1.29 is 18.0 Å². The fraction of sp³-hybridized carbons (Fsp3) is 0. The van der Waals surface area contributed by atoms with E-state index in [1.165, 1.54) is 18.3 Å². The zero-order chi connectivity index (χ0) is 14.3. The molecule has 0 aliphatic carbocycles. The second kappa shape index (κ2) is 4.52. The Morgan fingerprint density at radius 2 is 1.75 bits per heavy atom. The Morgan fingerprint density at radius 3 is 2.50 bits per heavy atom. The number of hydrogen-bond donors (Lipinski definition) is 1. The van der Waals surface area contributed by atoms with Crippen molar-refractivity contribution in [2.24, 2.45) is 0 Å². The third kappa shape index (κ3) is 1.87. The van der Waals surface area contributed by atoms with Gasteiger partial charge in [0.1, 0.15) is 17.5 Å². The molecular formula is C15H8F3NO. The van der Waals surface area contributed by atoms with Gasteiger partial charge >= 0.3 is 0 Å². The number of benzene rings is 2. The van der Waals surface area contributed by atoms with Crippen molar-refractivity contribution >= 4 is 16.7 Å². The second-order valence-corrected chi connectivity index (χ2v) is 4.32. The van der Waals surface area contributed by atoms with Gasteiger partial charge in [-0.1, -0.05) is 6.07 Å². The largest absolute Gasteiger partial charge is 0.360 e. The van der Waals surface area contributed by atoms with Crippen molar-refractivity contribution in [3.63, 3.8) is 0 Å². The molecule has 1 heterocycles. The Kier molecular flexibility index (Phi) is 2.82. The molecule has 2 nitrogen and oxygen atoms in total. The van der Waals surface area contributed by atoms with E-state index in [-0.39, 0.29) is 16.5 Å². The Morgan fingerprint density at radius 1 is 0.950 bits per heavy atom. The number of nitrogens with one attached hydrogen (secondary N) is 1. The molecule has 0 bridgehead atoms. The number of ketones is 1. The van der Waals surface area contributed by atoms with Crippen molar-refractivity contribution in [3.05, 3.63) is 71.2 Å². The first-order chi connectivity index (χ1) is 9.58. The lowest BCUT2D eigenvalue weighted by Gasteiger charge is -2.02. The van der Waals surface area contributed by atoms with E-state index in [1.807, 2.05) is 0 Å². The van der Waals surface area contributed by atoms with Crippen LogP contribution in [0.5, 0.6) is 0 Å². The Bertz CT molecular complexity index is 823. The molecule has 20 heavy (non-hydrogen) atoms. The lowest BCUT2D eigenvalue weighted by molar-refractivity contribution is 0.103. The van der Waals surface area contributed by atoms with Gasteiger partial charge < -0.3 is 4.98 Å². The maximum atomic E-state index is 13.8. The van der Waals surface area contributed by atoms with Crippen LogP contribution >= 0.6 is 0 Å². The summed E-state index contributed by atoms with van der Waals surface area (Å²) in [4.78, 5) is 15.0. The molecule has 0 saturated carbocycles. The van der Waals surface area contributed by atoms with Crippen LogP contribution in [0.1, 0.15) is 15.9 Å². The van der Waals surface area contributed by atoms with Gasteiger partial charge in [-0.3, -0.25) is 4.79 Å². The molecule has 0 unspecified atom stereocenters. The molecule has 1 N–H and O–H groups in total. The van der Waals surface area contributed by atoms with Gasteiger partial charge in [0.15, 0.2) is 5.78 Å². The van der Waals surface area contributed by atoms with Crippen molar-refractivity contribution in [2.75, 3.05) is 0 Å². The summed E-state index contributed by atoms with van der Waals surface area (Å²) < 4.78 is 40.3. The molecule has 1 aromatic heterocycles. The predicted octanol–water partition coefficient (Wildman–Crippen LogP) is 3.82. The Labute approximate surface area is 111 Å². The quantitative estimate of drug-likeness (QED) is 0.709. The van der Waals surface area contributed by atoms with Crippen molar-refractivity contribution in [2.45, 2.75) is 0 Å². The summed E-state index contributed by atoms with van der Waals surface area (Å²) in [5, 5.41) is 0.0984. The smallest absolute Gasteiger partial charge is 0.198 e.